The highest BCUT2D eigenvalue weighted by Crippen LogP contribution is 2.50. The van der Waals surface area contributed by atoms with E-state index in [0.717, 1.165) is 0 Å². The fourth-order valence-electron chi connectivity index (χ4n) is 3.23. The van der Waals surface area contributed by atoms with E-state index in [2.05, 4.69) is 5.32 Å². The number of rotatable bonds is 5. The van der Waals surface area contributed by atoms with Crippen LogP contribution in [-0.2, 0) is 19.2 Å². The Morgan fingerprint density at radius 3 is 2.52 bits per heavy atom. The topological polar surface area (TPSA) is 124 Å². The number of nitrogens with one attached hydrogen (secondary N) is 1. The minimum atomic E-state index is -1.40. The quantitative estimate of drug-likeness (QED) is 0.383. The monoisotopic (exact) mass is 387 g/mol. The maximum atomic E-state index is 12.4. The molecule has 8 nitrogen and oxygen atoms in total. The molecule has 0 aromatic carbocycles. The van der Waals surface area contributed by atoms with Crippen LogP contribution in [0.2, 0.25) is 0 Å². The second-order valence-corrected chi connectivity index (χ2v) is 8.96. The third kappa shape index (κ3) is 2.78. The number of carboxylic acids is 2. The molecule has 1 aromatic heterocycles. The lowest BCUT2D eigenvalue weighted by atomic mass is 9.96. The molecule has 2 amide bonds. The molecule has 0 bridgehead atoms. The lowest BCUT2D eigenvalue weighted by molar-refractivity contribution is -0.161. The normalized spacial score (nSPS) is 28.0. The molecule has 25 heavy (non-hydrogen) atoms. The lowest BCUT2D eigenvalue weighted by Gasteiger charge is -2.43. The average molecular weight is 387 g/mol. The van der Waals surface area contributed by atoms with Crippen molar-refractivity contribution < 1.29 is 29.4 Å². The van der Waals surface area contributed by atoms with Gasteiger partial charge in [0.05, 0.1) is 0 Å². The van der Waals surface area contributed by atoms with Crippen molar-refractivity contribution in [1.29, 1.82) is 0 Å². The molecule has 3 N–H and O–H groups in total. The van der Waals surface area contributed by atoms with Gasteiger partial charge in [0.1, 0.15) is 17.5 Å². The van der Waals surface area contributed by atoms with Crippen molar-refractivity contribution in [3.63, 3.8) is 0 Å². The van der Waals surface area contributed by atoms with Crippen LogP contribution in [0.1, 0.15) is 25.3 Å². The molecule has 0 spiro atoms. The number of hydrogen-bond donors (Lipinski definition) is 3. The van der Waals surface area contributed by atoms with Crippen LogP contribution in [0.5, 0.6) is 0 Å². The Hall–Kier alpha value is -2.07. The van der Waals surface area contributed by atoms with Gasteiger partial charge in [0.15, 0.2) is 5.92 Å². The second-order valence-electron chi connectivity index (χ2n) is 6.41. The molecular weight excluding hydrogens is 371 g/mol. The van der Waals surface area contributed by atoms with Gasteiger partial charge < -0.3 is 20.4 Å². The van der Waals surface area contributed by atoms with Gasteiger partial charge in [0.25, 0.3) is 0 Å². The molecule has 3 heterocycles. The standard InChI is InChI=1S/C15H16N2O6S2/c1-15(2)9(14(22)23)17-11(19)8(12(17)25-15)16-10(18)7(13(20)21)6-3-4-24-5-6/h3-5,7-9,12H,1-2H3,(H,16,18)(H,20,21)(H,22,23)/t7-,8-,9+,12-/m1/s1/i7+1,10+1,13+1. The van der Waals surface area contributed by atoms with Crippen LogP contribution in [0.3, 0.4) is 0 Å². The molecule has 0 unspecified atom stereocenters. The average Bonchev–Trinajstić information content (AvgIpc) is 3.09. The number of carbonyl (C=O) groups is 4. The van der Waals surface area contributed by atoms with E-state index in [1.165, 1.54) is 28.0 Å². The minimum absolute atomic E-state index is 0.349. The van der Waals surface area contributed by atoms with Crippen LogP contribution in [0.25, 0.3) is 0 Å². The molecule has 2 saturated heterocycles. The van der Waals surface area contributed by atoms with Gasteiger partial charge in [-0.1, -0.05) is 0 Å². The van der Waals surface area contributed by atoms with E-state index in [1.54, 1.807) is 30.7 Å². The third-order valence-electron chi connectivity index (χ3n) is 4.36. The van der Waals surface area contributed by atoms with E-state index < -0.39 is 51.9 Å². The van der Waals surface area contributed by atoms with Crippen LogP contribution < -0.4 is 5.32 Å². The van der Waals surface area contributed by atoms with Crippen molar-refractivity contribution in [2.75, 3.05) is 0 Å². The van der Waals surface area contributed by atoms with Crippen LogP contribution in [0.4, 0.5) is 0 Å². The third-order valence-corrected chi connectivity index (χ3v) is 6.63. The summed E-state index contributed by atoms with van der Waals surface area (Å²) in [5.41, 5.74) is 0.349. The second kappa shape index (κ2) is 6.03. The molecule has 0 radical (unpaired) electrons. The fraction of sp³-hybridized carbons (Fsp3) is 0.467. The highest BCUT2D eigenvalue weighted by Gasteiger charge is 2.64. The molecule has 2 fully saturated rings. The number of fused-ring (bicyclic) bond motifs is 1. The molecule has 3 rings (SSSR count). The SMILES string of the molecule is CC1(C)S[C@@H]2[C@H](N[13C](=O)[13C@@H](c3ccsc3)[13C](=O)O)C(=O)N2[C@H]1C(=O)O. The fourth-order valence-corrected chi connectivity index (χ4v) is 5.54. The van der Waals surface area contributed by atoms with Crippen molar-refractivity contribution >= 4 is 46.9 Å². The Morgan fingerprint density at radius 1 is 1.32 bits per heavy atom. The predicted molar refractivity (Wildman–Crippen MR) is 90.4 cm³/mol. The Bertz CT molecular complexity index is 747. The molecular formula is C15H16N2O6S2. The summed E-state index contributed by atoms with van der Waals surface area (Å²) in [5, 5.41) is 23.9. The maximum Gasteiger partial charge on any atom is 0.327 e. The number of thiophene rings is 1. The minimum Gasteiger partial charge on any atom is -0.480 e. The van der Waals surface area contributed by atoms with E-state index >= 15 is 0 Å². The van der Waals surface area contributed by atoms with Crippen molar-refractivity contribution in [3.8, 4) is 0 Å². The number of amides is 2. The summed E-state index contributed by atoms with van der Waals surface area (Å²) in [6.45, 7) is 3.46. The number of β-lactam (4-membered cyclic amide) rings is 1. The molecule has 2 aliphatic heterocycles. The highest BCUT2D eigenvalue weighted by atomic mass is 32.2. The zero-order chi connectivity index (χ0) is 18.5. The van der Waals surface area contributed by atoms with Gasteiger partial charge in [0, 0.05) is 4.75 Å². The first-order chi connectivity index (χ1) is 11.6. The van der Waals surface area contributed by atoms with Crippen molar-refractivity contribution in [3.05, 3.63) is 22.4 Å². The Kier molecular flexibility index (Phi) is 4.28. The zero-order valence-corrected chi connectivity index (χ0v) is 15.0. The van der Waals surface area contributed by atoms with Crippen molar-refractivity contribution in [2.24, 2.45) is 0 Å². The van der Waals surface area contributed by atoms with E-state index in [1.807, 2.05) is 0 Å². The number of hydrogen-bond acceptors (Lipinski definition) is 6. The first-order valence-electron chi connectivity index (χ1n) is 7.43. The van der Waals surface area contributed by atoms with Gasteiger partial charge in [-0.05, 0) is 36.2 Å². The number of aliphatic carboxylic acids is 2. The molecule has 4 atom stereocenters. The first-order valence-corrected chi connectivity index (χ1v) is 9.25. The summed E-state index contributed by atoms with van der Waals surface area (Å²) in [7, 11) is 0. The molecule has 10 heteroatoms. The zero-order valence-electron chi connectivity index (χ0n) is 13.3. The van der Waals surface area contributed by atoms with Crippen LogP contribution in [0, 0.1) is 0 Å². The number of carboxylic acid groups (broad SMARTS) is 2. The van der Waals surface area contributed by atoms with E-state index in [0.29, 0.717) is 5.56 Å². The van der Waals surface area contributed by atoms with Gasteiger partial charge in [-0.2, -0.15) is 11.3 Å². The molecule has 0 saturated carbocycles. The lowest BCUT2D eigenvalue weighted by Crippen LogP contribution is -2.71. The van der Waals surface area contributed by atoms with Crippen LogP contribution in [-0.4, -0.2) is 61.1 Å². The molecule has 1 aromatic rings. The Balaban J connectivity index is 1.77. The Labute approximate surface area is 151 Å². The van der Waals surface area contributed by atoms with Gasteiger partial charge in [-0.15, -0.1) is 11.8 Å². The smallest absolute Gasteiger partial charge is 0.327 e. The summed E-state index contributed by atoms with van der Waals surface area (Å²) in [6.07, 6.45) is 0. The van der Waals surface area contributed by atoms with E-state index in [-0.39, 0.29) is 0 Å². The van der Waals surface area contributed by atoms with Crippen molar-refractivity contribution in [1.82, 2.24) is 10.2 Å². The molecule has 134 valence electrons. The van der Waals surface area contributed by atoms with Crippen LogP contribution in [0.15, 0.2) is 16.8 Å². The summed E-state index contributed by atoms with van der Waals surface area (Å²) in [6, 6.07) is -0.344. The van der Waals surface area contributed by atoms with Gasteiger partial charge >= 0.3 is 11.9 Å². The van der Waals surface area contributed by atoms with E-state index in [4.69, 9.17) is 0 Å². The predicted octanol–water partition coefficient (Wildman–Crippen LogP) is 0.548. The number of carbonyl (C=O) groups excluding carboxylic acids is 2. The number of thioether (sulfide) groups is 1. The number of nitrogens with zero attached hydrogens (tertiary/aromatic N) is 1. The maximum absolute atomic E-state index is 12.4. The Morgan fingerprint density at radius 2 is 2.00 bits per heavy atom. The first kappa shape index (κ1) is 17.7. The largest absolute Gasteiger partial charge is 0.480 e. The summed E-state index contributed by atoms with van der Waals surface area (Å²) in [4.78, 5) is 48.9. The summed E-state index contributed by atoms with van der Waals surface area (Å²) < 4.78 is -0.703. The van der Waals surface area contributed by atoms with Gasteiger partial charge in [0.2, 0.25) is 11.8 Å². The summed E-state index contributed by atoms with van der Waals surface area (Å²) in [5.74, 6) is -5.08. The highest BCUT2D eigenvalue weighted by molar-refractivity contribution is 8.01. The summed E-state index contributed by atoms with van der Waals surface area (Å²) >= 11 is 2.56. The van der Waals surface area contributed by atoms with Gasteiger partial charge in [-0.25, -0.2) is 4.79 Å². The molecule has 0 aliphatic carbocycles. The van der Waals surface area contributed by atoms with Crippen LogP contribution >= 0.6 is 23.1 Å². The van der Waals surface area contributed by atoms with Gasteiger partial charge in [-0.3, -0.25) is 14.4 Å². The van der Waals surface area contributed by atoms with Crippen molar-refractivity contribution in [2.45, 2.75) is 42.0 Å². The molecule has 2 aliphatic rings. The van der Waals surface area contributed by atoms with E-state index in [9.17, 15) is 29.4 Å².